The van der Waals surface area contributed by atoms with E-state index in [1.54, 1.807) is 6.92 Å². The first-order valence-corrected chi connectivity index (χ1v) is 5.38. The van der Waals surface area contributed by atoms with E-state index < -0.39 is 18.0 Å². The number of aliphatic hydroxyl groups is 2. The fraction of sp³-hybridized carbons (Fsp3) is 0.455. The van der Waals surface area contributed by atoms with Crippen molar-refractivity contribution in [1.82, 2.24) is 0 Å². The molecule has 2 N–H and O–H groups in total. The molecule has 0 aromatic heterocycles. The first kappa shape index (κ1) is 14.2. The molecule has 0 bridgehead atoms. The van der Waals surface area contributed by atoms with Gasteiger partial charge in [-0.3, -0.25) is 0 Å². The van der Waals surface area contributed by atoms with Gasteiger partial charge in [-0.25, -0.2) is 4.39 Å². The summed E-state index contributed by atoms with van der Waals surface area (Å²) in [5.41, 5.74) is 8.28. The highest BCUT2D eigenvalue weighted by Crippen LogP contribution is 2.24. The first-order chi connectivity index (χ1) is 8.58. The smallest absolute Gasteiger partial charge is 0.127 e. The van der Waals surface area contributed by atoms with E-state index in [2.05, 4.69) is 10.0 Å². The van der Waals surface area contributed by atoms with Crippen LogP contribution in [0.3, 0.4) is 0 Å². The molecule has 1 rings (SSSR count). The molecule has 98 valence electrons. The van der Waals surface area contributed by atoms with Gasteiger partial charge in [-0.05, 0) is 30.2 Å². The molecule has 0 heterocycles. The van der Waals surface area contributed by atoms with Gasteiger partial charge in [0.15, 0.2) is 0 Å². The molecule has 0 aliphatic carbocycles. The first-order valence-electron chi connectivity index (χ1n) is 5.38. The third kappa shape index (κ3) is 3.89. The number of hydrogen-bond donors (Lipinski definition) is 2. The average Bonchev–Trinajstić information content (AvgIpc) is 2.34. The highest BCUT2D eigenvalue weighted by molar-refractivity contribution is 5.31. The van der Waals surface area contributed by atoms with Gasteiger partial charge in [0, 0.05) is 11.0 Å². The van der Waals surface area contributed by atoms with Crippen LogP contribution in [0.5, 0.6) is 5.75 Å². The second kappa shape index (κ2) is 6.80. The van der Waals surface area contributed by atoms with Crippen LogP contribution in [0.1, 0.15) is 18.6 Å². The van der Waals surface area contributed by atoms with Crippen molar-refractivity contribution in [2.45, 2.75) is 19.1 Å². The van der Waals surface area contributed by atoms with Crippen LogP contribution in [0, 0.1) is 5.82 Å². The second-order valence-corrected chi connectivity index (χ2v) is 3.58. The van der Waals surface area contributed by atoms with E-state index >= 15 is 0 Å². The van der Waals surface area contributed by atoms with Crippen molar-refractivity contribution in [2.75, 3.05) is 13.2 Å². The van der Waals surface area contributed by atoms with Crippen LogP contribution in [0.25, 0.3) is 10.4 Å². The lowest BCUT2D eigenvalue weighted by Crippen LogP contribution is -2.21. The summed E-state index contributed by atoms with van der Waals surface area (Å²) in [5.74, 6) is -0.312. The molecule has 1 aromatic carbocycles. The summed E-state index contributed by atoms with van der Waals surface area (Å²) in [6, 6.07) is 3.70. The van der Waals surface area contributed by atoms with Crippen LogP contribution < -0.4 is 4.74 Å². The molecule has 18 heavy (non-hydrogen) atoms. The normalized spacial score (nSPS) is 13.6. The van der Waals surface area contributed by atoms with Gasteiger partial charge in [0.05, 0.1) is 19.3 Å². The quantitative estimate of drug-likeness (QED) is 0.461. The molecule has 0 saturated carbocycles. The average molecular weight is 255 g/mol. The van der Waals surface area contributed by atoms with Crippen molar-refractivity contribution in [1.29, 1.82) is 0 Å². The molecule has 0 saturated heterocycles. The summed E-state index contributed by atoms with van der Waals surface area (Å²) < 4.78 is 18.4. The molecule has 6 nitrogen and oxygen atoms in total. The molecule has 0 fully saturated rings. The summed E-state index contributed by atoms with van der Waals surface area (Å²) in [6.07, 6.45) is -2.64. The van der Waals surface area contributed by atoms with Gasteiger partial charge in [-0.2, -0.15) is 0 Å². The van der Waals surface area contributed by atoms with E-state index in [1.807, 2.05) is 0 Å². The SMILES string of the molecule is CCOc1cc(F)cc(C(O)C(O)CN=[N+]=[N-])c1. The number of aliphatic hydroxyl groups excluding tert-OH is 2. The third-order valence-corrected chi connectivity index (χ3v) is 2.24. The predicted octanol–water partition coefficient (Wildman–Crippen LogP) is 1.93. The largest absolute Gasteiger partial charge is 0.494 e. The van der Waals surface area contributed by atoms with Crippen LogP contribution in [0.4, 0.5) is 4.39 Å². The number of ether oxygens (including phenoxy) is 1. The summed E-state index contributed by atoms with van der Waals surface area (Å²) in [4.78, 5) is 2.47. The van der Waals surface area contributed by atoms with Crippen LogP contribution >= 0.6 is 0 Å². The molecular formula is C11H14FN3O3. The number of rotatable bonds is 6. The Balaban J connectivity index is 2.89. The molecule has 0 spiro atoms. The van der Waals surface area contributed by atoms with Crippen LogP contribution in [0.2, 0.25) is 0 Å². The van der Waals surface area contributed by atoms with Crippen molar-refractivity contribution < 1.29 is 19.3 Å². The zero-order chi connectivity index (χ0) is 13.5. The molecule has 1 aromatic rings. The fourth-order valence-electron chi connectivity index (χ4n) is 1.45. The van der Waals surface area contributed by atoms with Crippen molar-refractivity contribution in [3.63, 3.8) is 0 Å². The van der Waals surface area contributed by atoms with Crippen LogP contribution in [0.15, 0.2) is 23.3 Å². The zero-order valence-electron chi connectivity index (χ0n) is 9.82. The number of nitrogens with zero attached hydrogens (tertiary/aromatic N) is 3. The number of benzene rings is 1. The Kier molecular flexibility index (Phi) is 5.38. The van der Waals surface area contributed by atoms with Gasteiger partial charge >= 0.3 is 0 Å². The Labute approximate surface area is 103 Å². The maximum atomic E-state index is 13.3. The maximum absolute atomic E-state index is 13.3. The highest BCUT2D eigenvalue weighted by atomic mass is 19.1. The number of azide groups is 1. The monoisotopic (exact) mass is 255 g/mol. The molecule has 0 amide bonds. The molecule has 0 aliphatic heterocycles. The summed E-state index contributed by atoms with van der Waals surface area (Å²) in [5, 5.41) is 22.5. The summed E-state index contributed by atoms with van der Waals surface area (Å²) >= 11 is 0. The lowest BCUT2D eigenvalue weighted by atomic mass is 10.0. The molecule has 2 unspecified atom stereocenters. The van der Waals surface area contributed by atoms with Gasteiger partial charge in [0.2, 0.25) is 0 Å². The zero-order valence-corrected chi connectivity index (χ0v) is 9.82. The Morgan fingerprint density at radius 1 is 1.44 bits per heavy atom. The number of hydrogen-bond acceptors (Lipinski definition) is 4. The number of halogens is 1. The predicted molar refractivity (Wildman–Crippen MR) is 62.5 cm³/mol. The minimum Gasteiger partial charge on any atom is -0.494 e. The van der Waals surface area contributed by atoms with Crippen molar-refractivity contribution in [2.24, 2.45) is 5.11 Å². The Morgan fingerprint density at radius 3 is 2.78 bits per heavy atom. The maximum Gasteiger partial charge on any atom is 0.127 e. The molecule has 0 aliphatic rings. The molecule has 2 atom stereocenters. The summed E-state index contributed by atoms with van der Waals surface area (Å²) in [7, 11) is 0. The fourth-order valence-corrected chi connectivity index (χ4v) is 1.45. The molecule has 7 heteroatoms. The summed E-state index contributed by atoms with van der Waals surface area (Å²) in [6.45, 7) is 1.82. The highest BCUT2D eigenvalue weighted by Gasteiger charge is 2.19. The molecular weight excluding hydrogens is 241 g/mol. The third-order valence-electron chi connectivity index (χ3n) is 2.24. The van der Waals surface area contributed by atoms with Crippen molar-refractivity contribution in [3.8, 4) is 5.75 Å². The van der Waals surface area contributed by atoms with E-state index in [9.17, 15) is 14.6 Å². The van der Waals surface area contributed by atoms with E-state index in [0.29, 0.717) is 6.61 Å². The minimum atomic E-state index is -1.34. The molecule has 0 radical (unpaired) electrons. The van der Waals surface area contributed by atoms with Gasteiger partial charge in [0.1, 0.15) is 17.7 Å². The van der Waals surface area contributed by atoms with E-state index in [1.165, 1.54) is 12.1 Å². The minimum absolute atomic E-state index is 0.166. The van der Waals surface area contributed by atoms with Crippen LogP contribution in [-0.4, -0.2) is 29.5 Å². The van der Waals surface area contributed by atoms with E-state index in [0.717, 1.165) is 6.07 Å². The lowest BCUT2D eigenvalue weighted by molar-refractivity contribution is 0.0241. The van der Waals surface area contributed by atoms with Crippen molar-refractivity contribution in [3.05, 3.63) is 40.0 Å². The Morgan fingerprint density at radius 2 is 2.17 bits per heavy atom. The Hall–Kier alpha value is -1.82. The van der Waals surface area contributed by atoms with Crippen LogP contribution in [-0.2, 0) is 0 Å². The van der Waals surface area contributed by atoms with Gasteiger partial charge < -0.3 is 14.9 Å². The van der Waals surface area contributed by atoms with E-state index in [4.69, 9.17) is 10.3 Å². The lowest BCUT2D eigenvalue weighted by Gasteiger charge is -2.17. The van der Waals surface area contributed by atoms with Crippen molar-refractivity contribution >= 4 is 0 Å². The second-order valence-electron chi connectivity index (χ2n) is 3.58. The van der Waals surface area contributed by atoms with Gasteiger partial charge in [-0.15, -0.1) is 0 Å². The standard InChI is InChI=1S/C11H14FN3O3/c1-2-18-9-4-7(3-8(12)5-9)11(17)10(16)6-14-15-13/h3-5,10-11,16-17H,2,6H2,1H3. The van der Waals surface area contributed by atoms with E-state index in [-0.39, 0.29) is 17.9 Å². The van der Waals surface area contributed by atoms with Gasteiger partial charge in [-0.1, -0.05) is 5.11 Å². The Bertz CT molecular complexity index is 449. The topological polar surface area (TPSA) is 98.5 Å². The van der Waals surface area contributed by atoms with Gasteiger partial charge in [0.25, 0.3) is 0 Å².